The van der Waals surface area contributed by atoms with E-state index in [0.717, 1.165) is 20.6 Å². The van der Waals surface area contributed by atoms with Crippen LogP contribution in [0.5, 0.6) is 0 Å². The lowest BCUT2D eigenvalue weighted by Gasteiger charge is -2.07. The Hall–Kier alpha value is -2.92. The Labute approximate surface area is 151 Å². The van der Waals surface area contributed by atoms with Gasteiger partial charge in [0.1, 0.15) is 11.3 Å². The number of hydrogen-bond donors (Lipinski definition) is 1. The third-order valence-electron chi connectivity index (χ3n) is 4.00. The maximum absolute atomic E-state index is 12.4. The summed E-state index contributed by atoms with van der Waals surface area (Å²) >= 11 is 3.33. The van der Waals surface area contributed by atoms with Gasteiger partial charge in [-0.3, -0.25) is 4.79 Å². The first kappa shape index (κ1) is 15.6. The van der Waals surface area contributed by atoms with Gasteiger partial charge >= 0.3 is 5.63 Å². The molecule has 0 saturated carbocycles. The van der Waals surface area contributed by atoms with Crippen LogP contribution in [-0.4, -0.2) is 5.91 Å². The summed E-state index contributed by atoms with van der Waals surface area (Å²) in [5.41, 5.74) is 0.496. The van der Waals surface area contributed by atoms with E-state index in [-0.39, 0.29) is 11.6 Å². The van der Waals surface area contributed by atoms with Gasteiger partial charge in [0.15, 0.2) is 0 Å². The molecule has 4 aromatic rings. The summed E-state index contributed by atoms with van der Waals surface area (Å²) in [5, 5.41) is 5.42. The lowest BCUT2D eigenvalue weighted by Crippen LogP contribution is -2.17. The van der Waals surface area contributed by atoms with E-state index in [1.807, 2.05) is 30.3 Å². The molecule has 4 rings (SSSR count). The smallest absolute Gasteiger partial charge is 0.360 e. The van der Waals surface area contributed by atoms with Crippen LogP contribution in [0, 0.1) is 0 Å². The molecule has 0 radical (unpaired) electrons. The van der Waals surface area contributed by atoms with E-state index in [4.69, 9.17) is 4.42 Å². The molecule has 0 aliphatic heterocycles. The second-order valence-corrected chi connectivity index (χ2v) is 6.52. The normalized spacial score (nSPS) is 10.9. The van der Waals surface area contributed by atoms with Gasteiger partial charge in [0.25, 0.3) is 5.91 Å². The lowest BCUT2D eigenvalue weighted by molar-refractivity contribution is 0.102. The molecule has 0 saturated heterocycles. The van der Waals surface area contributed by atoms with E-state index >= 15 is 0 Å². The van der Waals surface area contributed by atoms with Crippen LogP contribution < -0.4 is 10.9 Å². The highest BCUT2D eigenvalue weighted by Crippen LogP contribution is 2.26. The zero-order chi connectivity index (χ0) is 17.4. The second kappa shape index (κ2) is 6.18. The highest BCUT2D eigenvalue weighted by Gasteiger charge is 2.12. The first-order valence-electron chi connectivity index (χ1n) is 7.64. The first-order valence-corrected chi connectivity index (χ1v) is 8.44. The minimum Gasteiger partial charge on any atom is -0.421 e. The fraction of sp³-hybridized carbons (Fsp3) is 0. The third kappa shape index (κ3) is 2.94. The van der Waals surface area contributed by atoms with Crippen LogP contribution >= 0.6 is 15.9 Å². The van der Waals surface area contributed by atoms with Crippen molar-refractivity contribution in [3.63, 3.8) is 0 Å². The number of nitrogens with one attached hydrogen (secondary N) is 1. The van der Waals surface area contributed by atoms with Crippen molar-refractivity contribution in [2.75, 3.05) is 5.32 Å². The van der Waals surface area contributed by atoms with Crippen molar-refractivity contribution >= 4 is 49.3 Å². The number of carbonyl (C=O) groups excluding carboxylic acids is 1. The Morgan fingerprint density at radius 2 is 1.68 bits per heavy atom. The maximum atomic E-state index is 12.4. The molecule has 0 aliphatic rings. The first-order chi connectivity index (χ1) is 12.1. The maximum Gasteiger partial charge on any atom is 0.360 e. The minimum atomic E-state index is -0.576. The molecule has 25 heavy (non-hydrogen) atoms. The van der Waals surface area contributed by atoms with Crippen molar-refractivity contribution < 1.29 is 9.21 Å². The zero-order valence-corrected chi connectivity index (χ0v) is 14.5. The van der Waals surface area contributed by atoms with Crippen LogP contribution in [0.1, 0.15) is 10.4 Å². The number of rotatable bonds is 2. The molecular weight excluding hydrogens is 382 g/mol. The van der Waals surface area contributed by atoms with E-state index in [1.165, 1.54) is 0 Å². The number of anilines is 1. The van der Waals surface area contributed by atoms with E-state index in [0.29, 0.717) is 11.1 Å². The fourth-order valence-electron chi connectivity index (χ4n) is 2.75. The molecule has 0 fully saturated rings. The van der Waals surface area contributed by atoms with Crippen molar-refractivity contribution in [2.45, 2.75) is 0 Å². The van der Waals surface area contributed by atoms with Gasteiger partial charge in [-0.15, -0.1) is 0 Å². The van der Waals surface area contributed by atoms with Crippen LogP contribution in [0.4, 0.5) is 5.69 Å². The monoisotopic (exact) mass is 393 g/mol. The van der Waals surface area contributed by atoms with Crippen LogP contribution in [-0.2, 0) is 0 Å². The molecule has 1 N–H and O–H groups in total. The van der Waals surface area contributed by atoms with Gasteiger partial charge in [0, 0.05) is 15.4 Å². The molecule has 0 unspecified atom stereocenters. The molecule has 0 aliphatic carbocycles. The molecule has 122 valence electrons. The van der Waals surface area contributed by atoms with Crippen LogP contribution in [0.2, 0.25) is 0 Å². The van der Waals surface area contributed by atoms with Gasteiger partial charge < -0.3 is 9.73 Å². The average Bonchev–Trinajstić information content (AvgIpc) is 2.63. The van der Waals surface area contributed by atoms with Crippen LogP contribution in [0.15, 0.2) is 80.4 Å². The summed E-state index contributed by atoms with van der Waals surface area (Å²) < 4.78 is 6.25. The molecule has 1 amide bonds. The standard InChI is InChI=1S/C20H12BrNO3/c21-14-8-5-13(6-9-14)19(23)22-17-11-16-15-4-2-1-3-12(15)7-10-18(16)25-20(17)24/h1-11H,(H,22,23). The van der Waals surface area contributed by atoms with Crippen molar-refractivity contribution in [1.29, 1.82) is 0 Å². The molecule has 0 atom stereocenters. The number of hydrogen-bond acceptors (Lipinski definition) is 3. The molecule has 3 aromatic carbocycles. The van der Waals surface area contributed by atoms with Crippen LogP contribution in [0.3, 0.4) is 0 Å². The Bertz CT molecular complexity index is 1160. The third-order valence-corrected chi connectivity index (χ3v) is 4.53. The summed E-state index contributed by atoms with van der Waals surface area (Å²) in [7, 11) is 0. The van der Waals surface area contributed by atoms with Crippen LogP contribution in [0.25, 0.3) is 21.7 Å². The summed E-state index contributed by atoms with van der Waals surface area (Å²) in [4.78, 5) is 24.6. The Kier molecular flexibility index (Phi) is 3.86. The molecular formula is C20H12BrNO3. The van der Waals surface area contributed by atoms with Gasteiger partial charge in [-0.05, 0) is 47.2 Å². The quantitative estimate of drug-likeness (QED) is 0.386. The molecule has 0 bridgehead atoms. The topological polar surface area (TPSA) is 59.3 Å². The SMILES string of the molecule is O=C(Nc1cc2c(ccc3ccccc32)oc1=O)c1ccc(Br)cc1. The van der Waals surface area contributed by atoms with E-state index < -0.39 is 5.63 Å². The van der Waals surface area contributed by atoms with Crippen molar-refractivity contribution in [1.82, 2.24) is 0 Å². The Morgan fingerprint density at radius 1 is 0.920 bits per heavy atom. The summed E-state index contributed by atoms with van der Waals surface area (Å²) in [6.07, 6.45) is 0. The predicted molar refractivity (Wildman–Crippen MR) is 102 cm³/mol. The van der Waals surface area contributed by atoms with E-state index in [1.54, 1.807) is 36.4 Å². The van der Waals surface area contributed by atoms with Gasteiger partial charge in [0.2, 0.25) is 0 Å². The van der Waals surface area contributed by atoms with Crippen molar-refractivity contribution in [3.05, 3.63) is 87.2 Å². The number of fused-ring (bicyclic) bond motifs is 3. The molecule has 5 heteroatoms. The zero-order valence-electron chi connectivity index (χ0n) is 13.0. The van der Waals surface area contributed by atoms with Gasteiger partial charge in [-0.25, -0.2) is 4.79 Å². The van der Waals surface area contributed by atoms with Crippen molar-refractivity contribution in [3.8, 4) is 0 Å². The summed E-state index contributed by atoms with van der Waals surface area (Å²) in [6, 6.07) is 20.0. The van der Waals surface area contributed by atoms with Gasteiger partial charge in [-0.1, -0.05) is 46.3 Å². The highest BCUT2D eigenvalue weighted by molar-refractivity contribution is 9.10. The van der Waals surface area contributed by atoms with E-state index in [2.05, 4.69) is 21.2 Å². The number of halogens is 1. The Balaban J connectivity index is 1.80. The fourth-order valence-corrected chi connectivity index (χ4v) is 3.02. The van der Waals surface area contributed by atoms with E-state index in [9.17, 15) is 9.59 Å². The summed E-state index contributed by atoms with van der Waals surface area (Å²) in [6.45, 7) is 0. The lowest BCUT2D eigenvalue weighted by atomic mass is 10.1. The molecule has 1 aromatic heterocycles. The predicted octanol–water partition coefficient (Wildman–Crippen LogP) is 4.96. The second-order valence-electron chi connectivity index (χ2n) is 5.61. The van der Waals surface area contributed by atoms with Gasteiger partial charge in [0.05, 0.1) is 0 Å². The largest absolute Gasteiger partial charge is 0.421 e. The average molecular weight is 394 g/mol. The summed E-state index contributed by atoms with van der Waals surface area (Å²) in [5.74, 6) is -0.362. The number of benzene rings is 3. The highest BCUT2D eigenvalue weighted by atomic mass is 79.9. The van der Waals surface area contributed by atoms with Gasteiger partial charge in [-0.2, -0.15) is 0 Å². The molecule has 0 spiro atoms. The minimum absolute atomic E-state index is 0.122. The molecule has 4 nitrogen and oxygen atoms in total. The number of amides is 1. The Morgan fingerprint density at radius 3 is 2.48 bits per heavy atom. The van der Waals surface area contributed by atoms with Crippen molar-refractivity contribution in [2.24, 2.45) is 0 Å². The number of carbonyl (C=O) groups is 1. The molecule has 1 heterocycles.